The van der Waals surface area contributed by atoms with Crippen LogP contribution < -0.4 is 5.32 Å². The van der Waals surface area contributed by atoms with Gasteiger partial charge in [-0.25, -0.2) is 0 Å². The first-order valence-corrected chi connectivity index (χ1v) is 6.54. The molecule has 0 bridgehead atoms. The number of benzene rings is 1. The molecule has 21 heavy (non-hydrogen) atoms. The molecule has 0 aliphatic carbocycles. The van der Waals surface area contributed by atoms with Gasteiger partial charge in [-0.15, -0.1) is 0 Å². The molecule has 1 N–H and O–H groups in total. The molecule has 2 aromatic rings. The van der Waals surface area contributed by atoms with E-state index in [0.29, 0.717) is 22.0 Å². The zero-order valence-electron chi connectivity index (χ0n) is 11.3. The van der Waals surface area contributed by atoms with Crippen LogP contribution in [0.5, 0.6) is 0 Å². The van der Waals surface area contributed by atoms with Gasteiger partial charge in [-0.1, -0.05) is 16.8 Å². The lowest BCUT2D eigenvalue weighted by molar-refractivity contribution is -0.143. The number of hydrogen-bond acceptors (Lipinski definition) is 5. The topological polar surface area (TPSA) is 81.4 Å². The lowest BCUT2D eigenvalue weighted by Gasteiger charge is -2.05. The maximum Gasteiger partial charge on any atom is 0.325 e. The molecule has 0 saturated heterocycles. The molecule has 7 heteroatoms. The fraction of sp³-hybridized carbons (Fsp3) is 0.214. The maximum atomic E-state index is 11.7. The van der Waals surface area contributed by atoms with Gasteiger partial charge in [0.15, 0.2) is 0 Å². The average molecular weight is 309 g/mol. The minimum Gasteiger partial charge on any atom is -0.458 e. The number of carbonyl (C=O) groups excluding carboxylic acids is 2. The monoisotopic (exact) mass is 308 g/mol. The zero-order chi connectivity index (χ0) is 15.2. The van der Waals surface area contributed by atoms with Crippen LogP contribution in [0.1, 0.15) is 21.8 Å². The van der Waals surface area contributed by atoms with Gasteiger partial charge in [0.05, 0.1) is 0 Å². The highest BCUT2D eigenvalue weighted by Crippen LogP contribution is 2.09. The van der Waals surface area contributed by atoms with E-state index in [4.69, 9.17) is 20.9 Å². The predicted octanol–water partition coefficient (Wildman–Crippen LogP) is 2.11. The van der Waals surface area contributed by atoms with Crippen molar-refractivity contribution in [3.05, 3.63) is 52.4 Å². The van der Waals surface area contributed by atoms with Crippen LogP contribution in [0.15, 0.2) is 34.9 Å². The normalized spacial score (nSPS) is 10.2. The molecule has 0 aliphatic heterocycles. The first-order chi connectivity index (χ1) is 10.0. The smallest absolute Gasteiger partial charge is 0.325 e. The molecule has 1 aromatic carbocycles. The Morgan fingerprint density at radius 1 is 1.33 bits per heavy atom. The fourth-order valence-corrected chi connectivity index (χ4v) is 1.67. The number of aryl methyl sites for hydroxylation is 1. The number of nitrogens with zero attached hydrogens (tertiary/aromatic N) is 1. The van der Waals surface area contributed by atoms with Crippen LogP contribution in [-0.2, 0) is 16.1 Å². The molecule has 1 aromatic heterocycles. The molecular weight excluding hydrogens is 296 g/mol. The van der Waals surface area contributed by atoms with Crippen molar-refractivity contribution in [2.24, 2.45) is 0 Å². The number of nitrogens with one attached hydrogen (secondary N) is 1. The summed E-state index contributed by atoms with van der Waals surface area (Å²) in [5, 5.41) is 6.68. The number of carbonyl (C=O) groups is 2. The number of hydrogen-bond donors (Lipinski definition) is 1. The third kappa shape index (κ3) is 4.61. The van der Waals surface area contributed by atoms with Gasteiger partial charge in [-0.3, -0.25) is 9.59 Å². The average Bonchev–Trinajstić information content (AvgIpc) is 2.89. The summed E-state index contributed by atoms with van der Waals surface area (Å²) in [6.45, 7) is 1.52. The third-order valence-corrected chi connectivity index (χ3v) is 2.81. The molecule has 0 aliphatic rings. The molecule has 0 atom stereocenters. The van der Waals surface area contributed by atoms with Gasteiger partial charge in [0.25, 0.3) is 5.91 Å². The van der Waals surface area contributed by atoms with Crippen molar-refractivity contribution in [2.45, 2.75) is 13.5 Å². The van der Waals surface area contributed by atoms with Crippen LogP contribution in [0, 0.1) is 6.92 Å². The Kier molecular flexibility index (Phi) is 4.94. The van der Waals surface area contributed by atoms with Gasteiger partial charge in [0, 0.05) is 16.7 Å². The Balaban J connectivity index is 1.75. The van der Waals surface area contributed by atoms with Crippen molar-refractivity contribution in [1.82, 2.24) is 10.5 Å². The lowest BCUT2D eigenvalue weighted by atomic mass is 10.2. The van der Waals surface area contributed by atoms with Gasteiger partial charge in [0.1, 0.15) is 24.6 Å². The molecule has 0 radical (unpaired) electrons. The fourth-order valence-electron chi connectivity index (χ4n) is 1.55. The number of esters is 1. The van der Waals surface area contributed by atoms with E-state index in [-0.39, 0.29) is 19.1 Å². The molecule has 0 unspecified atom stereocenters. The zero-order valence-corrected chi connectivity index (χ0v) is 12.0. The number of aromatic nitrogens is 1. The van der Waals surface area contributed by atoms with E-state index in [9.17, 15) is 9.59 Å². The summed E-state index contributed by atoms with van der Waals surface area (Å²) < 4.78 is 9.79. The third-order valence-electron chi connectivity index (χ3n) is 2.56. The molecule has 1 heterocycles. The van der Waals surface area contributed by atoms with Crippen molar-refractivity contribution in [3.8, 4) is 0 Å². The second-order valence-corrected chi connectivity index (χ2v) is 4.72. The Morgan fingerprint density at radius 2 is 2.05 bits per heavy atom. The van der Waals surface area contributed by atoms with Gasteiger partial charge in [-0.2, -0.15) is 0 Å². The number of amides is 1. The molecule has 110 valence electrons. The van der Waals surface area contributed by atoms with E-state index in [2.05, 4.69) is 10.5 Å². The van der Waals surface area contributed by atoms with E-state index in [1.54, 1.807) is 37.3 Å². The molecule has 0 spiro atoms. The summed E-state index contributed by atoms with van der Waals surface area (Å²) in [7, 11) is 0. The summed E-state index contributed by atoms with van der Waals surface area (Å²) in [6, 6.07) is 8.01. The second kappa shape index (κ2) is 6.90. The van der Waals surface area contributed by atoms with E-state index in [1.165, 1.54) is 0 Å². The number of ether oxygens (including phenoxy) is 1. The largest absolute Gasteiger partial charge is 0.458 e. The second-order valence-electron chi connectivity index (χ2n) is 4.28. The van der Waals surface area contributed by atoms with Crippen LogP contribution in [0.3, 0.4) is 0 Å². The predicted molar refractivity (Wildman–Crippen MR) is 74.8 cm³/mol. The van der Waals surface area contributed by atoms with Crippen LogP contribution in [0.4, 0.5) is 0 Å². The van der Waals surface area contributed by atoms with E-state index < -0.39 is 5.97 Å². The minimum atomic E-state index is -0.557. The van der Waals surface area contributed by atoms with E-state index in [0.717, 1.165) is 0 Å². The summed E-state index contributed by atoms with van der Waals surface area (Å²) in [6.07, 6.45) is 0. The molecule has 1 amide bonds. The molecule has 0 fully saturated rings. The quantitative estimate of drug-likeness (QED) is 0.856. The van der Waals surface area contributed by atoms with Crippen molar-refractivity contribution in [1.29, 1.82) is 0 Å². The van der Waals surface area contributed by atoms with Gasteiger partial charge in [-0.05, 0) is 31.2 Å². The summed E-state index contributed by atoms with van der Waals surface area (Å²) in [5.41, 5.74) is 0.934. The first kappa shape index (κ1) is 15.1. The van der Waals surface area contributed by atoms with Gasteiger partial charge in [0.2, 0.25) is 0 Å². The van der Waals surface area contributed by atoms with Crippen molar-refractivity contribution >= 4 is 23.5 Å². The molecular formula is C14H13ClN2O4. The Hall–Kier alpha value is -2.34. The Labute approximate surface area is 126 Å². The van der Waals surface area contributed by atoms with Crippen molar-refractivity contribution < 1.29 is 18.8 Å². The Morgan fingerprint density at radius 3 is 2.67 bits per heavy atom. The molecule has 2 rings (SSSR count). The van der Waals surface area contributed by atoms with E-state index >= 15 is 0 Å². The van der Waals surface area contributed by atoms with Crippen LogP contribution >= 0.6 is 11.6 Å². The van der Waals surface area contributed by atoms with E-state index in [1.807, 2.05) is 0 Å². The SMILES string of the molecule is Cc1cc(COC(=O)CNC(=O)c2ccc(Cl)cc2)no1. The maximum absolute atomic E-state index is 11.7. The standard InChI is InChI=1S/C14H13ClN2O4/c1-9-6-12(17-21-9)8-20-13(18)7-16-14(19)10-2-4-11(15)5-3-10/h2-6H,7-8H2,1H3,(H,16,19). The molecule has 6 nitrogen and oxygen atoms in total. The summed E-state index contributed by atoms with van der Waals surface area (Å²) in [5.74, 6) is -0.295. The van der Waals surface area contributed by atoms with Crippen molar-refractivity contribution in [3.63, 3.8) is 0 Å². The number of rotatable bonds is 5. The van der Waals surface area contributed by atoms with Crippen LogP contribution in [0.2, 0.25) is 5.02 Å². The molecule has 0 saturated carbocycles. The van der Waals surface area contributed by atoms with Crippen molar-refractivity contribution in [2.75, 3.05) is 6.54 Å². The number of halogens is 1. The first-order valence-electron chi connectivity index (χ1n) is 6.16. The van der Waals surface area contributed by atoms with Crippen LogP contribution in [0.25, 0.3) is 0 Å². The summed E-state index contributed by atoms with van der Waals surface area (Å²) >= 11 is 5.73. The van der Waals surface area contributed by atoms with Crippen LogP contribution in [-0.4, -0.2) is 23.6 Å². The Bertz CT molecular complexity index is 637. The van der Waals surface area contributed by atoms with Gasteiger partial charge < -0.3 is 14.6 Å². The highest BCUT2D eigenvalue weighted by molar-refractivity contribution is 6.30. The highest BCUT2D eigenvalue weighted by atomic mass is 35.5. The summed E-state index contributed by atoms with van der Waals surface area (Å²) in [4.78, 5) is 23.2. The lowest BCUT2D eigenvalue weighted by Crippen LogP contribution is -2.30. The highest BCUT2D eigenvalue weighted by Gasteiger charge is 2.10. The van der Waals surface area contributed by atoms with Gasteiger partial charge >= 0.3 is 5.97 Å². The minimum absolute atomic E-state index is 0.00693.